The van der Waals surface area contributed by atoms with Gasteiger partial charge in [-0.3, -0.25) is 5.10 Å². The van der Waals surface area contributed by atoms with Crippen LogP contribution >= 0.6 is 0 Å². The molecule has 33 heavy (non-hydrogen) atoms. The van der Waals surface area contributed by atoms with E-state index in [1.807, 2.05) is 12.1 Å². The summed E-state index contributed by atoms with van der Waals surface area (Å²) in [6.07, 6.45) is 4.76. The maximum absolute atomic E-state index is 13.3. The first-order valence-electron chi connectivity index (χ1n) is 11.8. The lowest BCUT2D eigenvalue weighted by Gasteiger charge is -2.36. The van der Waals surface area contributed by atoms with Gasteiger partial charge in [0.05, 0.1) is 0 Å². The van der Waals surface area contributed by atoms with Gasteiger partial charge >= 0.3 is 0 Å². The van der Waals surface area contributed by atoms with Crippen molar-refractivity contribution in [2.24, 2.45) is 0 Å². The molecule has 1 saturated carbocycles. The first-order chi connectivity index (χ1) is 16.2. The minimum Gasteiger partial charge on any atom is -0.368 e. The van der Waals surface area contributed by atoms with Gasteiger partial charge in [-0.1, -0.05) is 0 Å². The number of halogens is 1. The lowest BCUT2D eigenvalue weighted by atomic mass is 10.2. The van der Waals surface area contributed by atoms with Crippen molar-refractivity contribution in [3.8, 4) is 0 Å². The van der Waals surface area contributed by atoms with E-state index in [4.69, 9.17) is 15.0 Å². The molecule has 2 saturated heterocycles. The largest absolute Gasteiger partial charge is 0.368 e. The van der Waals surface area contributed by atoms with Crippen LogP contribution in [0.1, 0.15) is 37.3 Å². The summed E-state index contributed by atoms with van der Waals surface area (Å²) in [5, 5.41) is 10.8. The molecule has 9 nitrogen and oxygen atoms in total. The van der Waals surface area contributed by atoms with E-state index in [0.29, 0.717) is 17.8 Å². The fourth-order valence-electron chi connectivity index (χ4n) is 4.54. The van der Waals surface area contributed by atoms with Gasteiger partial charge in [0.25, 0.3) is 0 Å². The molecular formula is C23H28FN9. The van der Waals surface area contributed by atoms with E-state index >= 15 is 0 Å². The Bertz CT molecular complexity index is 1100. The Kier molecular flexibility index (Phi) is 5.20. The van der Waals surface area contributed by atoms with E-state index in [0.717, 1.165) is 69.6 Å². The molecule has 3 aromatic rings. The molecule has 172 valence electrons. The highest BCUT2D eigenvalue weighted by Gasteiger charge is 2.26. The number of anilines is 5. The number of hydrogen-bond acceptors (Lipinski definition) is 8. The summed E-state index contributed by atoms with van der Waals surface area (Å²) in [5.74, 6) is 3.07. The molecule has 2 aliphatic heterocycles. The molecule has 3 aliphatic rings. The number of H-pyrrole nitrogens is 1. The second-order valence-electron chi connectivity index (χ2n) is 9.01. The first kappa shape index (κ1) is 20.2. The Balaban J connectivity index is 1.21. The van der Waals surface area contributed by atoms with Gasteiger partial charge in [-0.05, 0) is 49.9 Å². The van der Waals surface area contributed by atoms with Crippen LogP contribution in [0.2, 0.25) is 0 Å². The van der Waals surface area contributed by atoms with Crippen LogP contribution in [0.15, 0.2) is 30.3 Å². The second kappa shape index (κ2) is 8.49. The van der Waals surface area contributed by atoms with Crippen LogP contribution in [0, 0.1) is 5.82 Å². The lowest BCUT2D eigenvalue weighted by molar-refractivity contribution is 0.622. The monoisotopic (exact) mass is 449 g/mol. The van der Waals surface area contributed by atoms with E-state index in [9.17, 15) is 4.39 Å². The zero-order valence-corrected chi connectivity index (χ0v) is 18.5. The molecule has 0 unspecified atom stereocenters. The van der Waals surface area contributed by atoms with Crippen molar-refractivity contribution in [2.45, 2.75) is 31.6 Å². The number of nitrogens with zero attached hydrogens (tertiary/aromatic N) is 7. The van der Waals surface area contributed by atoms with Crippen molar-refractivity contribution < 1.29 is 4.39 Å². The third kappa shape index (κ3) is 4.42. The quantitative estimate of drug-likeness (QED) is 0.593. The zero-order chi connectivity index (χ0) is 22.2. The zero-order valence-electron chi connectivity index (χ0n) is 18.5. The predicted molar refractivity (Wildman–Crippen MR) is 126 cm³/mol. The summed E-state index contributed by atoms with van der Waals surface area (Å²) < 4.78 is 13.3. The standard InChI is InChI=1S/C23H28FN9/c24-17-5-7-18(8-6-17)31-11-13-33(14-12-31)23-27-21(26-22(28-23)32-9-1-2-10-32)25-20-15-19(29-30-20)16-3-4-16/h5-8,15-16H,1-4,9-14H2,(H2,25,26,27,28,29,30). The Morgan fingerprint density at radius 2 is 1.45 bits per heavy atom. The molecule has 2 N–H and O–H groups in total. The van der Waals surface area contributed by atoms with Gasteiger partial charge in [-0.15, -0.1) is 0 Å². The maximum atomic E-state index is 13.3. The molecule has 4 heterocycles. The lowest BCUT2D eigenvalue weighted by Crippen LogP contribution is -2.47. The number of rotatable bonds is 6. The van der Waals surface area contributed by atoms with Crippen LogP contribution in [-0.4, -0.2) is 64.4 Å². The first-order valence-corrected chi connectivity index (χ1v) is 11.8. The molecule has 2 aromatic heterocycles. The number of nitrogens with one attached hydrogen (secondary N) is 2. The summed E-state index contributed by atoms with van der Waals surface area (Å²) in [6.45, 7) is 5.15. The maximum Gasteiger partial charge on any atom is 0.235 e. The summed E-state index contributed by atoms with van der Waals surface area (Å²) in [7, 11) is 0. The average molecular weight is 450 g/mol. The Hall–Kier alpha value is -3.43. The minimum absolute atomic E-state index is 0.210. The molecule has 0 bridgehead atoms. The van der Waals surface area contributed by atoms with E-state index in [1.165, 1.54) is 30.7 Å². The van der Waals surface area contributed by atoms with Crippen molar-refractivity contribution in [2.75, 3.05) is 59.3 Å². The van der Waals surface area contributed by atoms with E-state index < -0.39 is 0 Å². The number of aromatic amines is 1. The SMILES string of the molecule is Fc1ccc(N2CCN(c3nc(Nc4cc(C5CC5)[nH]n4)nc(N4CCCC4)n3)CC2)cc1. The summed E-state index contributed by atoms with van der Waals surface area (Å²) >= 11 is 0. The van der Waals surface area contributed by atoms with Crippen molar-refractivity contribution in [3.63, 3.8) is 0 Å². The number of hydrogen-bond donors (Lipinski definition) is 2. The summed E-state index contributed by atoms with van der Waals surface area (Å²) in [5.41, 5.74) is 2.21. The molecule has 1 aromatic carbocycles. The third-order valence-electron chi connectivity index (χ3n) is 6.61. The number of benzene rings is 1. The second-order valence-corrected chi connectivity index (χ2v) is 9.01. The van der Waals surface area contributed by atoms with Crippen LogP contribution in [-0.2, 0) is 0 Å². The van der Waals surface area contributed by atoms with Crippen LogP contribution in [0.5, 0.6) is 0 Å². The van der Waals surface area contributed by atoms with Gasteiger partial charge in [-0.25, -0.2) is 4.39 Å². The normalized spacial score (nSPS) is 18.8. The molecule has 0 amide bonds. The third-order valence-corrected chi connectivity index (χ3v) is 6.61. The Labute approximate surface area is 192 Å². The average Bonchev–Trinajstić information content (AvgIpc) is 3.34. The molecule has 3 fully saturated rings. The molecule has 0 radical (unpaired) electrons. The summed E-state index contributed by atoms with van der Waals surface area (Å²) in [4.78, 5) is 21.0. The number of aromatic nitrogens is 5. The van der Waals surface area contributed by atoms with Crippen molar-refractivity contribution in [1.29, 1.82) is 0 Å². The van der Waals surface area contributed by atoms with Gasteiger partial charge in [0, 0.05) is 62.6 Å². The fraction of sp³-hybridized carbons (Fsp3) is 0.478. The molecule has 1 aliphatic carbocycles. The highest BCUT2D eigenvalue weighted by atomic mass is 19.1. The van der Waals surface area contributed by atoms with E-state index in [2.05, 4.69) is 36.3 Å². The molecular weight excluding hydrogens is 421 g/mol. The van der Waals surface area contributed by atoms with E-state index in [1.54, 1.807) is 0 Å². The van der Waals surface area contributed by atoms with Crippen molar-refractivity contribution in [1.82, 2.24) is 25.1 Å². The fourth-order valence-corrected chi connectivity index (χ4v) is 4.54. The van der Waals surface area contributed by atoms with Crippen LogP contribution in [0.3, 0.4) is 0 Å². The van der Waals surface area contributed by atoms with Crippen LogP contribution < -0.4 is 20.0 Å². The summed E-state index contributed by atoms with van der Waals surface area (Å²) in [6, 6.07) is 8.75. The van der Waals surface area contributed by atoms with Gasteiger partial charge in [-0.2, -0.15) is 20.1 Å². The molecule has 6 rings (SSSR count). The van der Waals surface area contributed by atoms with Gasteiger partial charge < -0.3 is 20.0 Å². The highest BCUT2D eigenvalue weighted by Crippen LogP contribution is 2.39. The number of piperazine rings is 1. The van der Waals surface area contributed by atoms with Crippen LogP contribution in [0.25, 0.3) is 0 Å². The Morgan fingerprint density at radius 1 is 0.818 bits per heavy atom. The molecule has 0 atom stereocenters. The highest BCUT2D eigenvalue weighted by molar-refractivity contribution is 5.54. The predicted octanol–water partition coefficient (Wildman–Crippen LogP) is 3.28. The minimum atomic E-state index is -0.210. The van der Waals surface area contributed by atoms with Crippen molar-refractivity contribution in [3.05, 3.63) is 41.8 Å². The molecule has 0 spiro atoms. The van der Waals surface area contributed by atoms with E-state index in [-0.39, 0.29) is 5.82 Å². The van der Waals surface area contributed by atoms with Gasteiger partial charge in [0.2, 0.25) is 17.8 Å². The van der Waals surface area contributed by atoms with Crippen LogP contribution in [0.4, 0.5) is 33.7 Å². The topological polar surface area (TPSA) is 89.1 Å². The smallest absolute Gasteiger partial charge is 0.235 e. The molecule has 10 heteroatoms. The Morgan fingerprint density at radius 3 is 2.12 bits per heavy atom. The van der Waals surface area contributed by atoms with Gasteiger partial charge in [0.1, 0.15) is 5.82 Å². The van der Waals surface area contributed by atoms with Gasteiger partial charge in [0.15, 0.2) is 5.82 Å². The van der Waals surface area contributed by atoms with Crippen molar-refractivity contribution >= 4 is 29.4 Å².